The lowest BCUT2D eigenvalue weighted by atomic mass is 10.2. The Hall–Kier alpha value is -2.31. The van der Waals surface area contributed by atoms with Gasteiger partial charge in [-0.2, -0.15) is 4.31 Å². The van der Waals surface area contributed by atoms with Crippen molar-refractivity contribution in [2.75, 3.05) is 31.6 Å². The summed E-state index contributed by atoms with van der Waals surface area (Å²) < 4.78 is 33.7. The number of carbonyl (C=O) groups is 1. The number of morpholine rings is 1. The number of rotatable bonds is 5. The predicted molar refractivity (Wildman–Crippen MR) is 123 cm³/mol. The standard InChI is InChI=1S/C20H21ClN4O5S2/c1-12-13(2)31-19-18(12)20(27)24(11-22-19)10-17(26)23-14-3-4-15(21)16(9-14)32(28,29)25-5-7-30-8-6-25/h3-4,9,11H,5-8,10H2,1-2H3,(H,23,26). The van der Waals surface area contributed by atoms with Crippen molar-refractivity contribution in [1.82, 2.24) is 13.9 Å². The number of ether oxygens (including phenoxy) is 1. The molecule has 32 heavy (non-hydrogen) atoms. The molecular formula is C20H21ClN4O5S2. The molecule has 1 amide bonds. The molecule has 12 heteroatoms. The summed E-state index contributed by atoms with van der Waals surface area (Å²) >= 11 is 7.59. The number of fused-ring (bicyclic) bond motifs is 1. The molecular weight excluding hydrogens is 476 g/mol. The van der Waals surface area contributed by atoms with Crippen LogP contribution in [0, 0.1) is 13.8 Å². The van der Waals surface area contributed by atoms with Crippen molar-refractivity contribution in [1.29, 1.82) is 0 Å². The summed E-state index contributed by atoms with van der Waals surface area (Å²) in [6.45, 7) is 4.59. The van der Waals surface area contributed by atoms with Crippen LogP contribution in [0.25, 0.3) is 10.2 Å². The van der Waals surface area contributed by atoms with Crippen molar-refractivity contribution in [3.8, 4) is 0 Å². The largest absolute Gasteiger partial charge is 0.379 e. The minimum Gasteiger partial charge on any atom is -0.379 e. The van der Waals surface area contributed by atoms with Crippen molar-refractivity contribution < 1.29 is 17.9 Å². The summed E-state index contributed by atoms with van der Waals surface area (Å²) in [6, 6.07) is 4.25. The number of nitrogens with zero attached hydrogens (tertiary/aromatic N) is 3. The molecule has 1 aliphatic heterocycles. The molecule has 1 N–H and O–H groups in total. The first-order valence-electron chi connectivity index (χ1n) is 9.81. The van der Waals surface area contributed by atoms with Gasteiger partial charge in [-0.25, -0.2) is 13.4 Å². The van der Waals surface area contributed by atoms with Gasteiger partial charge in [-0.1, -0.05) is 11.6 Å². The molecule has 1 saturated heterocycles. The minimum atomic E-state index is -3.84. The predicted octanol–water partition coefficient (Wildman–Crippen LogP) is 2.39. The highest BCUT2D eigenvalue weighted by molar-refractivity contribution is 7.89. The topological polar surface area (TPSA) is 111 Å². The monoisotopic (exact) mass is 496 g/mol. The lowest BCUT2D eigenvalue weighted by Gasteiger charge is -2.26. The summed E-state index contributed by atoms with van der Waals surface area (Å²) in [6.07, 6.45) is 1.34. The highest BCUT2D eigenvalue weighted by atomic mass is 35.5. The molecule has 0 bridgehead atoms. The van der Waals surface area contributed by atoms with E-state index < -0.39 is 15.9 Å². The summed E-state index contributed by atoms with van der Waals surface area (Å²) in [5, 5.41) is 3.20. The number of halogens is 1. The Bertz CT molecular complexity index is 1360. The van der Waals surface area contributed by atoms with E-state index in [1.807, 2.05) is 13.8 Å². The van der Waals surface area contributed by atoms with E-state index in [4.69, 9.17) is 16.3 Å². The first kappa shape index (κ1) is 22.9. The maximum atomic E-state index is 13.0. The van der Waals surface area contributed by atoms with E-state index in [1.165, 1.54) is 44.7 Å². The van der Waals surface area contributed by atoms with Crippen molar-refractivity contribution in [3.05, 3.63) is 50.3 Å². The average molecular weight is 497 g/mol. The summed E-state index contributed by atoms with van der Waals surface area (Å²) in [5.41, 5.74) is 0.822. The number of benzene rings is 1. The average Bonchev–Trinajstić information content (AvgIpc) is 3.06. The summed E-state index contributed by atoms with van der Waals surface area (Å²) in [7, 11) is -3.84. The van der Waals surface area contributed by atoms with E-state index >= 15 is 0 Å². The van der Waals surface area contributed by atoms with Gasteiger partial charge < -0.3 is 10.1 Å². The fourth-order valence-electron chi connectivity index (χ4n) is 3.44. The second-order valence-corrected chi connectivity index (χ2v) is 10.9. The lowest BCUT2D eigenvalue weighted by molar-refractivity contribution is -0.116. The number of nitrogens with one attached hydrogen (secondary N) is 1. The van der Waals surface area contributed by atoms with Crippen LogP contribution in [0.5, 0.6) is 0 Å². The lowest BCUT2D eigenvalue weighted by Crippen LogP contribution is -2.40. The molecule has 3 aromatic rings. The van der Waals surface area contributed by atoms with E-state index in [9.17, 15) is 18.0 Å². The Balaban J connectivity index is 1.56. The Labute approximate surface area is 193 Å². The second-order valence-electron chi connectivity index (χ2n) is 7.35. The van der Waals surface area contributed by atoms with Gasteiger partial charge in [0, 0.05) is 23.7 Å². The van der Waals surface area contributed by atoms with E-state index in [0.29, 0.717) is 23.4 Å². The van der Waals surface area contributed by atoms with Gasteiger partial charge in [0.2, 0.25) is 15.9 Å². The highest BCUT2D eigenvalue weighted by Crippen LogP contribution is 2.28. The van der Waals surface area contributed by atoms with Crippen LogP contribution in [-0.4, -0.2) is 54.5 Å². The van der Waals surface area contributed by atoms with Gasteiger partial charge in [0.1, 0.15) is 16.3 Å². The number of anilines is 1. The first-order valence-corrected chi connectivity index (χ1v) is 12.4. The normalized spacial score (nSPS) is 15.2. The number of aryl methyl sites for hydroxylation is 2. The number of carbonyl (C=O) groups excluding carboxylic acids is 1. The van der Waals surface area contributed by atoms with Gasteiger partial charge in [-0.3, -0.25) is 14.2 Å². The van der Waals surface area contributed by atoms with E-state index in [-0.39, 0.29) is 40.8 Å². The highest BCUT2D eigenvalue weighted by Gasteiger charge is 2.28. The van der Waals surface area contributed by atoms with Crippen LogP contribution in [0.4, 0.5) is 5.69 Å². The molecule has 9 nitrogen and oxygen atoms in total. The van der Waals surface area contributed by atoms with Crippen LogP contribution in [0.1, 0.15) is 10.4 Å². The third-order valence-electron chi connectivity index (χ3n) is 5.27. The maximum absolute atomic E-state index is 13.0. The van der Waals surface area contributed by atoms with Crippen molar-refractivity contribution in [2.45, 2.75) is 25.3 Å². The molecule has 0 saturated carbocycles. The van der Waals surface area contributed by atoms with Gasteiger partial charge in [0.25, 0.3) is 5.56 Å². The Morgan fingerprint density at radius 1 is 1.28 bits per heavy atom. The molecule has 0 atom stereocenters. The van der Waals surface area contributed by atoms with Gasteiger partial charge >= 0.3 is 0 Å². The van der Waals surface area contributed by atoms with Crippen LogP contribution in [0.3, 0.4) is 0 Å². The molecule has 1 aliphatic rings. The summed E-state index contributed by atoms with van der Waals surface area (Å²) in [4.78, 5) is 31.2. The van der Waals surface area contributed by atoms with Crippen LogP contribution >= 0.6 is 22.9 Å². The summed E-state index contributed by atoms with van der Waals surface area (Å²) in [5.74, 6) is -0.491. The molecule has 2 aromatic heterocycles. The smallest absolute Gasteiger partial charge is 0.262 e. The van der Waals surface area contributed by atoms with Gasteiger partial charge in [0.05, 0.1) is 29.9 Å². The first-order chi connectivity index (χ1) is 15.2. The minimum absolute atomic E-state index is 0.0589. The zero-order valence-corrected chi connectivity index (χ0v) is 19.8. The third kappa shape index (κ3) is 4.30. The van der Waals surface area contributed by atoms with Gasteiger partial charge in [-0.05, 0) is 37.6 Å². The number of hydrogen-bond donors (Lipinski definition) is 1. The SMILES string of the molecule is Cc1sc2ncn(CC(=O)Nc3ccc(Cl)c(S(=O)(=O)N4CCOCC4)c3)c(=O)c2c1C. The van der Waals surface area contributed by atoms with E-state index in [0.717, 1.165) is 10.4 Å². The van der Waals surface area contributed by atoms with E-state index in [2.05, 4.69) is 10.3 Å². The molecule has 0 spiro atoms. The van der Waals surface area contributed by atoms with Crippen molar-refractivity contribution in [3.63, 3.8) is 0 Å². The molecule has 170 valence electrons. The molecule has 0 unspecified atom stereocenters. The fraction of sp³-hybridized carbons (Fsp3) is 0.350. The zero-order valence-electron chi connectivity index (χ0n) is 17.4. The zero-order chi connectivity index (χ0) is 23.0. The van der Waals surface area contributed by atoms with Crippen LogP contribution < -0.4 is 10.9 Å². The number of thiophene rings is 1. The number of sulfonamides is 1. The molecule has 1 aromatic carbocycles. The second kappa shape index (κ2) is 8.91. The number of aromatic nitrogens is 2. The molecule has 3 heterocycles. The van der Waals surface area contributed by atoms with Crippen LogP contribution in [-0.2, 0) is 26.1 Å². The number of hydrogen-bond acceptors (Lipinski definition) is 7. The van der Waals surface area contributed by atoms with Gasteiger partial charge in [-0.15, -0.1) is 11.3 Å². The molecule has 0 radical (unpaired) electrons. The van der Waals surface area contributed by atoms with E-state index in [1.54, 1.807) is 0 Å². The van der Waals surface area contributed by atoms with Crippen LogP contribution in [0.2, 0.25) is 5.02 Å². The fourth-order valence-corrected chi connectivity index (χ4v) is 6.34. The Morgan fingerprint density at radius 3 is 2.72 bits per heavy atom. The third-order valence-corrected chi connectivity index (χ3v) is 8.77. The molecule has 1 fully saturated rings. The van der Waals surface area contributed by atoms with Crippen LogP contribution in [0.15, 0.2) is 34.2 Å². The Kier molecular flexibility index (Phi) is 6.37. The number of amides is 1. The molecule has 4 rings (SSSR count). The quantitative estimate of drug-likeness (QED) is 0.580. The maximum Gasteiger partial charge on any atom is 0.262 e. The molecule has 0 aliphatic carbocycles. The Morgan fingerprint density at radius 2 is 2.00 bits per heavy atom. The van der Waals surface area contributed by atoms with Crippen molar-refractivity contribution in [2.24, 2.45) is 0 Å². The van der Waals surface area contributed by atoms with Gasteiger partial charge in [0.15, 0.2) is 0 Å². The van der Waals surface area contributed by atoms with Crippen molar-refractivity contribution >= 4 is 54.8 Å².